The Bertz CT molecular complexity index is 271. The van der Waals surface area contributed by atoms with Gasteiger partial charge >= 0.3 is 0 Å². The second kappa shape index (κ2) is 3.26. The van der Waals surface area contributed by atoms with E-state index in [-0.39, 0.29) is 0 Å². The van der Waals surface area contributed by atoms with Crippen LogP contribution in [-0.4, -0.2) is 17.9 Å². The third-order valence-electron chi connectivity index (χ3n) is 1.56. The number of hydrazone groups is 1. The summed E-state index contributed by atoms with van der Waals surface area (Å²) in [6.07, 6.45) is 2.80. The second-order valence-corrected chi connectivity index (χ2v) is 2.49. The average Bonchev–Trinajstić information content (AvgIpc) is 2.59. The van der Waals surface area contributed by atoms with Crippen LogP contribution in [0, 0.1) is 6.07 Å². The smallest absolute Gasteiger partial charge is 0.157 e. The monoisotopic (exact) mass is 161 g/mol. The third-order valence-corrected chi connectivity index (χ3v) is 1.56. The fraction of sp³-hybridized carbons (Fsp3) is 0.222. The summed E-state index contributed by atoms with van der Waals surface area (Å²) in [6.45, 7) is 0.832. The first-order valence-corrected chi connectivity index (χ1v) is 3.89. The molecule has 0 saturated heterocycles. The van der Waals surface area contributed by atoms with Crippen LogP contribution < -0.4 is 4.84 Å². The molecule has 0 unspecified atom stereocenters. The van der Waals surface area contributed by atoms with Gasteiger partial charge in [-0.2, -0.15) is 5.10 Å². The van der Waals surface area contributed by atoms with Gasteiger partial charge in [0.2, 0.25) is 0 Å². The fourth-order valence-corrected chi connectivity index (χ4v) is 0.998. The van der Waals surface area contributed by atoms with E-state index < -0.39 is 0 Å². The summed E-state index contributed by atoms with van der Waals surface area (Å²) in [5.41, 5.74) is 0. The zero-order valence-electron chi connectivity index (χ0n) is 6.60. The van der Waals surface area contributed by atoms with E-state index in [9.17, 15) is 0 Å². The predicted octanol–water partition coefficient (Wildman–Crippen LogP) is 1.47. The van der Waals surface area contributed by atoms with Crippen molar-refractivity contribution in [2.24, 2.45) is 5.10 Å². The molecule has 2 rings (SSSR count). The maximum Gasteiger partial charge on any atom is 0.157 e. The van der Waals surface area contributed by atoms with Crippen LogP contribution in [0.4, 0.5) is 0 Å². The van der Waals surface area contributed by atoms with Crippen LogP contribution in [0.2, 0.25) is 0 Å². The summed E-state index contributed by atoms with van der Waals surface area (Å²) in [4.78, 5) is 5.39. The van der Waals surface area contributed by atoms with E-state index in [1.807, 2.05) is 30.5 Å². The molecule has 1 heterocycles. The van der Waals surface area contributed by atoms with Crippen LogP contribution in [0.5, 0.6) is 5.75 Å². The van der Waals surface area contributed by atoms with Crippen molar-refractivity contribution in [2.45, 2.75) is 6.42 Å². The van der Waals surface area contributed by atoms with E-state index in [2.05, 4.69) is 11.2 Å². The highest BCUT2D eigenvalue weighted by atomic mass is 16.7. The van der Waals surface area contributed by atoms with Crippen molar-refractivity contribution >= 4 is 6.21 Å². The molecule has 1 aliphatic rings. The molecule has 0 bridgehead atoms. The third kappa shape index (κ3) is 1.56. The number of hydroxylamine groups is 1. The van der Waals surface area contributed by atoms with Crippen LogP contribution in [-0.2, 0) is 0 Å². The Morgan fingerprint density at radius 2 is 2.25 bits per heavy atom. The highest BCUT2D eigenvalue weighted by Gasteiger charge is 2.06. The highest BCUT2D eigenvalue weighted by molar-refractivity contribution is 5.58. The van der Waals surface area contributed by atoms with Gasteiger partial charge in [-0.3, -0.25) is 0 Å². The number of hydrogen-bond donors (Lipinski definition) is 0. The fourth-order valence-electron chi connectivity index (χ4n) is 0.998. The molecule has 12 heavy (non-hydrogen) atoms. The molecule has 0 aromatic heterocycles. The summed E-state index contributed by atoms with van der Waals surface area (Å²) in [7, 11) is 0. The Morgan fingerprint density at radius 3 is 2.92 bits per heavy atom. The molecule has 1 aromatic rings. The van der Waals surface area contributed by atoms with E-state index in [0.29, 0.717) is 0 Å². The van der Waals surface area contributed by atoms with Gasteiger partial charge in [0, 0.05) is 12.6 Å². The lowest BCUT2D eigenvalue weighted by atomic mass is 10.3. The largest absolute Gasteiger partial charge is 0.363 e. The van der Waals surface area contributed by atoms with Crippen LogP contribution >= 0.6 is 0 Å². The Morgan fingerprint density at radius 1 is 1.42 bits per heavy atom. The first-order chi connectivity index (χ1) is 5.95. The van der Waals surface area contributed by atoms with Gasteiger partial charge in [0.1, 0.15) is 0 Å². The molecule has 0 N–H and O–H groups in total. The first kappa shape index (κ1) is 7.16. The normalized spacial score (nSPS) is 15.2. The van der Waals surface area contributed by atoms with E-state index in [0.717, 1.165) is 18.7 Å². The lowest BCUT2D eigenvalue weighted by Gasteiger charge is -2.13. The van der Waals surface area contributed by atoms with Crippen LogP contribution in [0.15, 0.2) is 29.4 Å². The molecule has 1 radical (unpaired) electrons. The van der Waals surface area contributed by atoms with E-state index in [4.69, 9.17) is 4.84 Å². The number of nitrogens with zero attached hydrogens (tertiary/aromatic N) is 2. The van der Waals surface area contributed by atoms with Gasteiger partial charge in [-0.15, -0.1) is 5.17 Å². The Hall–Kier alpha value is -1.51. The maximum absolute atomic E-state index is 5.39. The van der Waals surface area contributed by atoms with Gasteiger partial charge in [-0.05, 0) is 18.2 Å². The highest BCUT2D eigenvalue weighted by Crippen LogP contribution is 2.11. The topological polar surface area (TPSA) is 24.8 Å². The SMILES string of the molecule is [c]1ccc(ON2CCC=N2)cc1. The van der Waals surface area contributed by atoms with Crippen molar-refractivity contribution in [3.8, 4) is 5.75 Å². The quantitative estimate of drug-likeness (QED) is 0.656. The summed E-state index contributed by atoms with van der Waals surface area (Å²) in [6, 6.07) is 10.3. The molecule has 61 valence electrons. The van der Waals surface area contributed by atoms with Gasteiger partial charge < -0.3 is 4.84 Å². The number of rotatable bonds is 2. The van der Waals surface area contributed by atoms with Gasteiger partial charge in [0.05, 0.1) is 6.54 Å². The van der Waals surface area contributed by atoms with Crippen molar-refractivity contribution in [3.05, 3.63) is 30.3 Å². The zero-order valence-corrected chi connectivity index (χ0v) is 6.60. The Labute approximate surface area is 71.2 Å². The van der Waals surface area contributed by atoms with Crippen molar-refractivity contribution in [2.75, 3.05) is 6.54 Å². The van der Waals surface area contributed by atoms with E-state index >= 15 is 0 Å². The zero-order chi connectivity index (χ0) is 8.23. The predicted molar refractivity (Wildman–Crippen MR) is 45.7 cm³/mol. The van der Waals surface area contributed by atoms with Crippen molar-refractivity contribution in [1.82, 2.24) is 5.17 Å². The van der Waals surface area contributed by atoms with Gasteiger partial charge in [0.15, 0.2) is 5.75 Å². The number of benzene rings is 1. The van der Waals surface area contributed by atoms with Crippen LogP contribution in [0.1, 0.15) is 6.42 Å². The molecule has 1 aromatic carbocycles. The lowest BCUT2D eigenvalue weighted by molar-refractivity contribution is -0.0456. The van der Waals surface area contributed by atoms with Gasteiger partial charge in [0.25, 0.3) is 0 Å². The standard InChI is InChI=1S/C9H9N2O/c1-2-5-9(6-3-1)12-11-8-4-7-10-11/h2-3,5-7H,4,8H2. The lowest BCUT2D eigenvalue weighted by Crippen LogP contribution is -2.18. The molecule has 0 atom stereocenters. The minimum atomic E-state index is 0.799. The molecular formula is C9H9N2O. The van der Waals surface area contributed by atoms with E-state index in [1.54, 1.807) is 5.17 Å². The molecule has 0 amide bonds. The van der Waals surface area contributed by atoms with Crippen molar-refractivity contribution in [1.29, 1.82) is 0 Å². The van der Waals surface area contributed by atoms with Crippen molar-refractivity contribution < 1.29 is 4.84 Å². The molecule has 0 fully saturated rings. The molecular weight excluding hydrogens is 152 g/mol. The summed E-state index contributed by atoms with van der Waals surface area (Å²) in [5, 5.41) is 5.59. The van der Waals surface area contributed by atoms with Gasteiger partial charge in [-0.25, -0.2) is 0 Å². The molecule has 0 saturated carbocycles. The Kier molecular flexibility index (Phi) is 1.94. The Balaban J connectivity index is 1.99. The molecule has 3 nitrogen and oxygen atoms in total. The molecule has 0 aliphatic carbocycles. The van der Waals surface area contributed by atoms with Crippen LogP contribution in [0.25, 0.3) is 0 Å². The summed E-state index contributed by atoms with van der Waals surface area (Å²) in [5.74, 6) is 0.799. The average molecular weight is 161 g/mol. The molecule has 3 heteroatoms. The second-order valence-electron chi connectivity index (χ2n) is 2.49. The molecule has 1 aliphatic heterocycles. The number of hydrogen-bond acceptors (Lipinski definition) is 3. The minimum Gasteiger partial charge on any atom is -0.363 e. The van der Waals surface area contributed by atoms with Crippen molar-refractivity contribution in [3.63, 3.8) is 0 Å². The van der Waals surface area contributed by atoms with E-state index in [1.165, 1.54) is 0 Å². The summed E-state index contributed by atoms with van der Waals surface area (Å²) >= 11 is 0. The summed E-state index contributed by atoms with van der Waals surface area (Å²) < 4.78 is 0. The minimum absolute atomic E-state index is 0.799. The maximum atomic E-state index is 5.39. The van der Waals surface area contributed by atoms with Gasteiger partial charge in [-0.1, -0.05) is 12.1 Å². The molecule has 0 spiro atoms. The van der Waals surface area contributed by atoms with Crippen LogP contribution in [0.3, 0.4) is 0 Å². The first-order valence-electron chi connectivity index (χ1n) is 3.89.